The smallest absolute Gasteiger partial charge is 0.308 e. The Labute approximate surface area is 200 Å². The van der Waals surface area contributed by atoms with E-state index in [9.17, 15) is 9.90 Å². The van der Waals surface area contributed by atoms with Crippen molar-refractivity contribution < 1.29 is 19.4 Å². The number of carboxylic acid groups (broad SMARTS) is 1. The number of rotatable bonds is 8. The number of aromatic nitrogens is 1. The van der Waals surface area contributed by atoms with Crippen molar-refractivity contribution in [3.63, 3.8) is 0 Å². The van der Waals surface area contributed by atoms with Gasteiger partial charge in [-0.3, -0.25) is 4.79 Å². The number of hydrogen-bond donors (Lipinski definition) is 2. The van der Waals surface area contributed by atoms with E-state index in [0.717, 1.165) is 21.7 Å². The number of fused-ring (bicyclic) bond motifs is 1. The normalized spacial score (nSPS) is 13.4. The van der Waals surface area contributed by atoms with Gasteiger partial charge in [0, 0.05) is 17.0 Å². The van der Waals surface area contributed by atoms with Crippen LogP contribution in [0.2, 0.25) is 10.0 Å². The lowest BCUT2D eigenvalue weighted by Gasteiger charge is -2.14. The van der Waals surface area contributed by atoms with Gasteiger partial charge in [0.05, 0.1) is 21.7 Å². The van der Waals surface area contributed by atoms with Crippen LogP contribution < -0.4 is 14.8 Å². The minimum absolute atomic E-state index is 0.150. The molecule has 1 unspecified atom stereocenters. The van der Waals surface area contributed by atoms with Crippen LogP contribution in [0.15, 0.2) is 36.4 Å². The van der Waals surface area contributed by atoms with E-state index in [-0.39, 0.29) is 19.3 Å². The molecule has 168 valence electrons. The molecule has 0 saturated heterocycles. The molecule has 1 aliphatic rings. The molecule has 32 heavy (non-hydrogen) atoms. The van der Waals surface area contributed by atoms with Crippen molar-refractivity contribution in [2.24, 2.45) is 5.92 Å². The third kappa shape index (κ3) is 4.80. The predicted octanol–water partition coefficient (Wildman–Crippen LogP) is 6.32. The minimum Gasteiger partial charge on any atom is -0.481 e. The van der Waals surface area contributed by atoms with Crippen molar-refractivity contribution in [3.05, 3.63) is 56.9 Å². The highest BCUT2D eigenvalue weighted by Gasteiger charge is 2.25. The van der Waals surface area contributed by atoms with E-state index in [2.05, 4.69) is 19.2 Å². The molecule has 1 aromatic heterocycles. The second-order valence-electron chi connectivity index (χ2n) is 7.79. The summed E-state index contributed by atoms with van der Waals surface area (Å²) in [5, 5.41) is 14.6. The Morgan fingerprint density at radius 2 is 2.03 bits per heavy atom. The number of carboxylic acids is 1. The molecule has 0 radical (unpaired) electrons. The first kappa shape index (κ1) is 22.7. The molecule has 6 nitrogen and oxygen atoms in total. The molecule has 9 heteroatoms. The van der Waals surface area contributed by atoms with E-state index in [1.54, 1.807) is 12.1 Å². The molecule has 2 N–H and O–H groups in total. The number of aliphatic carboxylic acids is 1. The summed E-state index contributed by atoms with van der Waals surface area (Å²) in [6.07, 6.45) is 0.316. The average Bonchev–Trinajstić information content (AvgIpc) is 3.40. The van der Waals surface area contributed by atoms with Gasteiger partial charge in [-0.1, -0.05) is 55.2 Å². The predicted molar refractivity (Wildman–Crippen MR) is 128 cm³/mol. The van der Waals surface area contributed by atoms with Crippen molar-refractivity contribution in [2.75, 3.05) is 18.7 Å². The van der Waals surface area contributed by atoms with Crippen molar-refractivity contribution in [3.8, 4) is 22.8 Å². The zero-order chi connectivity index (χ0) is 22.8. The topological polar surface area (TPSA) is 80.7 Å². The lowest BCUT2D eigenvalue weighted by molar-refractivity contribution is -0.141. The number of carbonyl (C=O) groups is 1. The zero-order valence-electron chi connectivity index (χ0n) is 17.5. The largest absolute Gasteiger partial charge is 0.481 e. The van der Waals surface area contributed by atoms with Gasteiger partial charge in [-0.05, 0) is 36.1 Å². The van der Waals surface area contributed by atoms with Crippen molar-refractivity contribution in [2.45, 2.75) is 26.2 Å². The summed E-state index contributed by atoms with van der Waals surface area (Å²) in [6, 6.07) is 11.0. The minimum atomic E-state index is -0.889. The van der Waals surface area contributed by atoms with E-state index < -0.39 is 11.9 Å². The second-order valence-corrected chi connectivity index (χ2v) is 9.63. The summed E-state index contributed by atoms with van der Waals surface area (Å²) in [4.78, 5) is 17.8. The zero-order valence-corrected chi connectivity index (χ0v) is 19.9. The molecule has 1 aliphatic heterocycles. The molecule has 4 rings (SSSR count). The highest BCUT2D eigenvalue weighted by Crippen LogP contribution is 2.39. The maximum Gasteiger partial charge on any atom is 0.308 e. The van der Waals surface area contributed by atoms with E-state index in [1.165, 1.54) is 11.3 Å². The third-order valence-corrected chi connectivity index (χ3v) is 7.22. The summed E-state index contributed by atoms with van der Waals surface area (Å²) < 4.78 is 10.9. The van der Waals surface area contributed by atoms with Crippen molar-refractivity contribution in [1.82, 2.24) is 4.98 Å². The SMILES string of the molecule is CC(C)c1sc(NCC(Cc2cccc3c2OCO3)C(=O)O)nc1-c1ccc(Cl)c(Cl)c1. The fraction of sp³-hybridized carbons (Fsp3) is 0.304. The molecule has 3 aromatic rings. The summed E-state index contributed by atoms with van der Waals surface area (Å²) in [5.74, 6) is -0.0407. The lowest BCUT2D eigenvalue weighted by Crippen LogP contribution is -2.25. The van der Waals surface area contributed by atoms with Crippen LogP contribution in [0.1, 0.15) is 30.2 Å². The molecule has 0 saturated carbocycles. The quantitative estimate of drug-likeness (QED) is 0.382. The van der Waals surface area contributed by atoms with Gasteiger partial charge >= 0.3 is 5.97 Å². The summed E-state index contributed by atoms with van der Waals surface area (Å²) >= 11 is 13.8. The number of nitrogens with one attached hydrogen (secondary N) is 1. The first-order chi connectivity index (χ1) is 15.3. The maximum atomic E-state index is 11.9. The summed E-state index contributed by atoms with van der Waals surface area (Å²) in [7, 11) is 0. The van der Waals surface area contributed by atoms with Crippen LogP contribution in [-0.4, -0.2) is 29.4 Å². The van der Waals surface area contributed by atoms with Gasteiger partial charge < -0.3 is 19.9 Å². The molecule has 0 fully saturated rings. The number of ether oxygens (including phenoxy) is 2. The van der Waals surface area contributed by atoms with Crippen LogP contribution in [0.25, 0.3) is 11.3 Å². The van der Waals surface area contributed by atoms with Gasteiger partial charge in [-0.2, -0.15) is 0 Å². The van der Waals surface area contributed by atoms with Gasteiger partial charge in [-0.25, -0.2) is 4.98 Å². The number of nitrogens with zero attached hydrogens (tertiary/aromatic N) is 1. The van der Waals surface area contributed by atoms with Crippen LogP contribution in [0.5, 0.6) is 11.5 Å². The van der Waals surface area contributed by atoms with Crippen LogP contribution in [0.3, 0.4) is 0 Å². The number of anilines is 1. The number of hydrogen-bond acceptors (Lipinski definition) is 6. The number of halogens is 2. The Balaban J connectivity index is 1.53. The second kappa shape index (κ2) is 9.57. The molecule has 2 heterocycles. The van der Waals surface area contributed by atoms with Gasteiger partial charge in [-0.15, -0.1) is 11.3 Å². The lowest BCUT2D eigenvalue weighted by atomic mass is 9.98. The van der Waals surface area contributed by atoms with Crippen LogP contribution >= 0.6 is 34.5 Å². The van der Waals surface area contributed by atoms with Crippen LogP contribution in [-0.2, 0) is 11.2 Å². The number of para-hydroxylation sites is 1. The Morgan fingerprint density at radius 3 is 2.75 bits per heavy atom. The van der Waals surface area contributed by atoms with E-state index in [0.29, 0.717) is 33.1 Å². The van der Waals surface area contributed by atoms with Gasteiger partial charge in [0.15, 0.2) is 16.6 Å². The molecular weight excluding hydrogens is 471 g/mol. The first-order valence-corrected chi connectivity index (χ1v) is 11.7. The molecule has 1 atom stereocenters. The molecule has 0 aliphatic carbocycles. The fourth-order valence-electron chi connectivity index (χ4n) is 3.52. The Bertz CT molecular complexity index is 1150. The van der Waals surface area contributed by atoms with Crippen molar-refractivity contribution in [1.29, 1.82) is 0 Å². The fourth-order valence-corrected chi connectivity index (χ4v) is 4.82. The highest BCUT2D eigenvalue weighted by atomic mass is 35.5. The van der Waals surface area contributed by atoms with Crippen molar-refractivity contribution >= 4 is 45.6 Å². The summed E-state index contributed by atoms with van der Waals surface area (Å²) in [6.45, 7) is 4.56. The third-order valence-electron chi connectivity index (χ3n) is 5.16. The highest BCUT2D eigenvalue weighted by molar-refractivity contribution is 7.16. The first-order valence-electron chi connectivity index (χ1n) is 10.1. The van der Waals surface area contributed by atoms with E-state index >= 15 is 0 Å². The Morgan fingerprint density at radius 1 is 1.22 bits per heavy atom. The van der Waals surface area contributed by atoms with E-state index in [1.807, 2.05) is 24.3 Å². The molecule has 2 aromatic carbocycles. The Kier molecular flexibility index (Phi) is 6.79. The molecule has 0 amide bonds. The number of benzene rings is 2. The van der Waals surface area contributed by atoms with E-state index in [4.69, 9.17) is 37.7 Å². The number of thiazole rings is 1. The van der Waals surface area contributed by atoms with Gasteiger partial charge in [0.2, 0.25) is 6.79 Å². The monoisotopic (exact) mass is 492 g/mol. The van der Waals surface area contributed by atoms with Crippen LogP contribution in [0.4, 0.5) is 5.13 Å². The van der Waals surface area contributed by atoms with Gasteiger partial charge in [0.1, 0.15) is 0 Å². The molecular formula is C23H22Cl2N2O4S. The molecule has 0 spiro atoms. The molecule has 0 bridgehead atoms. The van der Waals surface area contributed by atoms with Crippen LogP contribution in [0, 0.1) is 5.92 Å². The standard InChI is InChI=1S/C23H22Cl2N2O4S/c1-12(2)21-19(13-6-7-16(24)17(25)9-13)27-23(32-21)26-10-15(22(28)29)8-14-4-3-5-18-20(14)31-11-30-18/h3-7,9,12,15H,8,10-11H2,1-2H3,(H,26,27)(H,28,29). The summed E-state index contributed by atoms with van der Waals surface area (Å²) in [5.41, 5.74) is 2.51. The average molecular weight is 493 g/mol. The maximum absolute atomic E-state index is 11.9. The Hall–Kier alpha value is -2.48. The van der Waals surface area contributed by atoms with Gasteiger partial charge in [0.25, 0.3) is 0 Å².